The zero-order valence-corrected chi connectivity index (χ0v) is 13.2. The van der Waals surface area contributed by atoms with E-state index in [9.17, 15) is 4.79 Å². The predicted molar refractivity (Wildman–Crippen MR) is 84.8 cm³/mol. The van der Waals surface area contributed by atoms with E-state index >= 15 is 0 Å². The van der Waals surface area contributed by atoms with Crippen LogP contribution in [0.4, 0.5) is 0 Å². The molecule has 0 saturated heterocycles. The summed E-state index contributed by atoms with van der Waals surface area (Å²) in [4.78, 5) is 12.5. The van der Waals surface area contributed by atoms with Gasteiger partial charge in [0.1, 0.15) is 22.8 Å². The van der Waals surface area contributed by atoms with E-state index in [1.165, 1.54) is 0 Å². The van der Waals surface area contributed by atoms with E-state index in [-0.39, 0.29) is 14.1 Å². The van der Waals surface area contributed by atoms with Crippen LogP contribution in [-0.2, 0) is 0 Å². The van der Waals surface area contributed by atoms with Crippen molar-refractivity contribution in [3.8, 4) is 17.2 Å². The van der Waals surface area contributed by atoms with Crippen LogP contribution in [0.15, 0.2) is 42.5 Å². The summed E-state index contributed by atoms with van der Waals surface area (Å²) in [7, 11) is 4.70. The summed E-state index contributed by atoms with van der Waals surface area (Å²) in [5.41, 5.74) is 0.464. The van der Waals surface area contributed by atoms with Gasteiger partial charge in [-0.15, -0.1) is 0 Å². The van der Waals surface area contributed by atoms with Crippen LogP contribution in [0.5, 0.6) is 17.2 Å². The Morgan fingerprint density at radius 1 is 0.857 bits per heavy atom. The van der Waals surface area contributed by atoms with Gasteiger partial charge in [-0.3, -0.25) is 4.79 Å². The lowest BCUT2D eigenvalue weighted by atomic mass is 10.2. The van der Waals surface area contributed by atoms with Gasteiger partial charge in [-0.25, -0.2) is 0 Å². The predicted octanol–water partition coefficient (Wildman–Crippen LogP) is 2.86. The molecule has 0 spiro atoms. The van der Waals surface area contributed by atoms with Gasteiger partial charge in [0, 0.05) is 0 Å². The van der Waals surface area contributed by atoms with Gasteiger partial charge < -0.3 is 14.2 Å². The van der Waals surface area contributed by atoms with E-state index in [0.29, 0.717) is 17.1 Å². The smallest absolute Gasteiger partial charge is 0.193 e. The first kappa shape index (κ1) is 15.3. The van der Waals surface area contributed by atoms with E-state index < -0.39 is 0 Å². The summed E-state index contributed by atoms with van der Waals surface area (Å²) < 4.78 is 15.6. The molecule has 5 heteroatoms. The van der Waals surface area contributed by atoms with Crippen molar-refractivity contribution in [2.75, 3.05) is 21.3 Å². The Morgan fingerprint density at radius 2 is 1.43 bits per heavy atom. The monoisotopic (exact) mass is 304 g/mol. The average molecular weight is 304 g/mol. The zero-order valence-electron chi connectivity index (χ0n) is 12.2. The molecule has 0 amide bonds. The summed E-state index contributed by atoms with van der Waals surface area (Å²) in [5, 5.41) is 0.939. The molecule has 2 aromatic carbocycles. The van der Waals surface area contributed by atoms with Crippen LogP contribution in [0, 0.1) is 0 Å². The average Bonchev–Trinajstić information content (AvgIpc) is 2.54. The van der Waals surface area contributed by atoms with E-state index in [0.717, 1.165) is 11.1 Å². The Kier molecular flexibility index (Phi) is 5.18. The Bertz CT molecular complexity index is 600. The summed E-state index contributed by atoms with van der Waals surface area (Å²) in [6.45, 7) is 0. The van der Waals surface area contributed by atoms with Gasteiger partial charge >= 0.3 is 0 Å². The molecule has 110 valence electrons. The van der Waals surface area contributed by atoms with Gasteiger partial charge in [0.25, 0.3) is 0 Å². The Labute approximate surface area is 125 Å². The molecule has 4 nitrogen and oxygen atoms in total. The fourth-order valence-electron chi connectivity index (χ4n) is 1.94. The fourth-order valence-corrected chi connectivity index (χ4v) is 2.91. The number of ether oxygens (including phenoxy) is 3. The van der Waals surface area contributed by atoms with Crippen molar-refractivity contribution < 1.29 is 19.0 Å². The van der Waals surface area contributed by atoms with Crippen LogP contribution in [0.2, 0.25) is 0 Å². The lowest BCUT2D eigenvalue weighted by Gasteiger charge is -2.12. The molecule has 0 aliphatic rings. The number of carbonyl (C=O) groups excluding carboxylic acids is 1. The second-order valence-corrected chi connectivity index (χ2v) is 5.50. The Hall–Kier alpha value is -2.06. The molecular formula is C16H17O4P. The highest BCUT2D eigenvalue weighted by Gasteiger charge is 2.18. The highest BCUT2D eigenvalue weighted by Crippen LogP contribution is 2.33. The van der Waals surface area contributed by atoms with Crippen molar-refractivity contribution in [2.45, 2.75) is 0 Å². The number of carbonyl (C=O) groups is 1. The fraction of sp³-hybridized carbons (Fsp3) is 0.188. The maximum absolute atomic E-state index is 12.5. The highest BCUT2D eigenvalue weighted by atomic mass is 31.1. The van der Waals surface area contributed by atoms with Gasteiger partial charge in [0.2, 0.25) is 0 Å². The molecule has 0 N–H and O–H groups in total. The van der Waals surface area contributed by atoms with E-state index in [1.807, 2.05) is 24.3 Å². The molecule has 0 radical (unpaired) electrons. The highest BCUT2D eigenvalue weighted by molar-refractivity contribution is 7.66. The number of methoxy groups -OCH3 is 3. The van der Waals surface area contributed by atoms with Crippen molar-refractivity contribution in [1.82, 2.24) is 0 Å². The maximum Gasteiger partial charge on any atom is 0.193 e. The second-order valence-electron chi connectivity index (χ2n) is 4.22. The first-order valence-corrected chi connectivity index (χ1v) is 7.36. The van der Waals surface area contributed by atoms with Crippen LogP contribution < -0.4 is 19.5 Å². The molecule has 21 heavy (non-hydrogen) atoms. The summed E-state index contributed by atoms with van der Waals surface area (Å²) in [6.07, 6.45) is 0. The summed E-state index contributed by atoms with van der Waals surface area (Å²) >= 11 is 0. The summed E-state index contributed by atoms with van der Waals surface area (Å²) in [6, 6.07) is 12.8. The lowest BCUT2D eigenvalue weighted by molar-refractivity contribution is 0.108. The molecule has 0 saturated carbocycles. The van der Waals surface area contributed by atoms with E-state index in [1.54, 1.807) is 39.5 Å². The Balaban J connectivity index is 2.27. The topological polar surface area (TPSA) is 44.8 Å². The zero-order chi connectivity index (χ0) is 15.2. The minimum absolute atomic E-state index is 0.00216. The number of rotatable bonds is 6. The van der Waals surface area contributed by atoms with E-state index in [4.69, 9.17) is 14.2 Å². The van der Waals surface area contributed by atoms with Crippen LogP contribution in [0.25, 0.3) is 0 Å². The van der Waals surface area contributed by atoms with Crippen molar-refractivity contribution >= 4 is 19.4 Å². The quantitative estimate of drug-likeness (QED) is 0.770. The molecule has 1 unspecified atom stereocenters. The van der Waals surface area contributed by atoms with Gasteiger partial charge in [0.05, 0.1) is 21.3 Å². The third-order valence-corrected chi connectivity index (χ3v) is 4.10. The molecular weight excluding hydrogens is 287 g/mol. The third kappa shape index (κ3) is 3.53. The standard InChI is InChI=1S/C16H17O4P/c1-18-11-7-9-12(10-8-11)21-16(17)15-13(19-2)5-4-6-14(15)20-3/h4-10,21H,1-3H3. The molecule has 0 aromatic heterocycles. The number of benzene rings is 2. The number of hydrogen-bond acceptors (Lipinski definition) is 4. The first-order valence-electron chi connectivity index (χ1n) is 6.36. The molecule has 0 fully saturated rings. The normalized spacial score (nSPS) is 10.6. The van der Waals surface area contributed by atoms with Crippen molar-refractivity contribution in [1.29, 1.82) is 0 Å². The van der Waals surface area contributed by atoms with E-state index in [2.05, 4.69) is 0 Å². The molecule has 0 aliphatic carbocycles. The van der Waals surface area contributed by atoms with Crippen molar-refractivity contribution in [2.24, 2.45) is 0 Å². The first-order chi connectivity index (χ1) is 10.2. The van der Waals surface area contributed by atoms with Crippen molar-refractivity contribution in [3.63, 3.8) is 0 Å². The molecule has 2 aromatic rings. The third-order valence-electron chi connectivity index (χ3n) is 3.00. The van der Waals surface area contributed by atoms with Crippen LogP contribution >= 0.6 is 8.58 Å². The summed E-state index contributed by atoms with van der Waals surface area (Å²) in [5.74, 6) is 1.83. The van der Waals surface area contributed by atoms with Crippen LogP contribution in [0.1, 0.15) is 10.4 Å². The second kappa shape index (κ2) is 7.09. The maximum atomic E-state index is 12.5. The lowest BCUT2D eigenvalue weighted by Crippen LogP contribution is -2.05. The molecule has 0 aliphatic heterocycles. The van der Waals surface area contributed by atoms with Gasteiger partial charge in [0.15, 0.2) is 5.52 Å². The molecule has 2 rings (SSSR count). The SMILES string of the molecule is COc1ccc(PC(=O)c2c(OC)cccc2OC)cc1. The number of hydrogen-bond donors (Lipinski definition) is 0. The minimum Gasteiger partial charge on any atom is -0.497 e. The van der Waals surface area contributed by atoms with Crippen LogP contribution in [-0.4, -0.2) is 26.9 Å². The van der Waals surface area contributed by atoms with Crippen molar-refractivity contribution in [3.05, 3.63) is 48.0 Å². The minimum atomic E-state index is -0.0190. The van der Waals surface area contributed by atoms with Gasteiger partial charge in [-0.1, -0.05) is 18.2 Å². The van der Waals surface area contributed by atoms with Gasteiger partial charge in [-0.05, 0) is 38.2 Å². The molecule has 1 atom stereocenters. The van der Waals surface area contributed by atoms with Gasteiger partial charge in [-0.2, -0.15) is 0 Å². The van der Waals surface area contributed by atoms with Crippen LogP contribution in [0.3, 0.4) is 0 Å². The molecule has 0 heterocycles. The molecule has 0 bridgehead atoms. The Morgan fingerprint density at radius 3 is 1.90 bits per heavy atom. The largest absolute Gasteiger partial charge is 0.497 e.